The van der Waals surface area contributed by atoms with E-state index in [0.29, 0.717) is 31.0 Å². The summed E-state index contributed by atoms with van der Waals surface area (Å²) in [7, 11) is 0. The van der Waals surface area contributed by atoms with Gasteiger partial charge in [0.25, 0.3) is 0 Å². The Kier molecular flexibility index (Phi) is 4.92. The molecule has 0 radical (unpaired) electrons. The van der Waals surface area contributed by atoms with Gasteiger partial charge in [-0.15, -0.1) is 0 Å². The van der Waals surface area contributed by atoms with E-state index >= 15 is 0 Å². The van der Waals surface area contributed by atoms with Crippen LogP contribution >= 0.6 is 0 Å². The number of nitrogens with one attached hydrogen (secondary N) is 1. The van der Waals surface area contributed by atoms with E-state index in [9.17, 15) is 0 Å². The van der Waals surface area contributed by atoms with Gasteiger partial charge in [0.2, 0.25) is 0 Å². The van der Waals surface area contributed by atoms with Gasteiger partial charge in [0.05, 0.1) is 19.3 Å². The Bertz CT molecular complexity index is 830. The molecule has 0 spiro atoms. The summed E-state index contributed by atoms with van der Waals surface area (Å²) in [5, 5.41) is 3.17. The van der Waals surface area contributed by atoms with E-state index in [0.717, 1.165) is 30.0 Å². The number of guanidine groups is 1. The van der Waals surface area contributed by atoms with Gasteiger partial charge in [0.15, 0.2) is 17.5 Å². The maximum atomic E-state index is 6.12. The number of benzene rings is 2. The highest BCUT2D eigenvalue weighted by Gasteiger charge is 2.38. The zero-order valence-corrected chi connectivity index (χ0v) is 15.9. The summed E-state index contributed by atoms with van der Waals surface area (Å²) in [6.07, 6.45) is 1.94. The fourth-order valence-electron chi connectivity index (χ4n) is 3.41. The van der Waals surface area contributed by atoms with E-state index in [2.05, 4.69) is 48.4 Å². The lowest BCUT2D eigenvalue weighted by Gasteiger charge is -2.11. The summed E-state index contributed by atoms with van der Waals surface area (Å²) in [6, 6.07) is 14.9. The third-order valence-corrected chi connectivity index (χ3v) is 5.11. The lowest BCUT2D eigenvalue weighted by atomic mass is 10.0. The molecule has 5 heteroatoms. The van der Waals surface area contributed by atoms with Crippen LogP contribution in [0.2, 0.25) is 0 Å². The zero-order chi connectivity index (χ0) is 18.8. The number of anilines is 1. The maximum Gasteiger partial charge on any atom is 0.193 e. The highest BCUT2D eigenvalue weighted by Crippen LogP contribution is 2.43. The van der Waals surface area contributed by atoms with Crippen LogP contribution in [0.25, 0.3) is 0 Å². The number of hydrogen-bond donors (Lipinski definition) is 2. The van der Waals surface area contributed by atoms with E-state index < -0.39 is 0 Å². The van der Waals surface area contributed by atoms with E-state index in [1.807, 2.05) is 18.2 Å². The van der Waals surface area contributed by atoms with E-state index in [1.54, 1.807) is 0 Å². The number of nitrogens with two attached hydrogens (primary N) is 1. The highest BCUT2D eigenvalue weighted by molar-refractivity contribution is 5.92. The average molecular weight is 365 g/mol. The quantitative estimate of drug-likeness (QED) is 0.628. The van der Waals surface area contributed by atoms with Gasteiger partial charge in [-0.2, -0.15) is 0 Å². The lowest BCUT2D eigenvalue weighted by Crippen LogP contribution is -2.23. The molecule has 0 amide bonds. The zero-order valence-electron chi connectivity index (χ0n) is 15.9. The second-order valence-electron chi connectivity index (χ2n) is 7.58. The molecule has 27 heavy (non-hydrogen) atoms. The van der Waals surface area contributed by atoms with Gasteiger partial charge >= 0.3 is 0 Å². The fraction of sp³-hybridized carbons (Fsp3) is 0.409. The molecule has 2 unspecified atom stereocenters. The van der Waals surface area contributed by atoms with Crippen molar-refractivity contribution in [2.75, 3.05) is 18.5 Å². The van der Waals surface area contributed by atoms with E-state index in [4.69, 9.17) is 15.2 Å². The Morgan fingerprint density at radius 3 is 2.56 bits per heavy atom. The van der Waals surface area contributed by atoms with Crippen LogP contribution in [0.1, 0.15) is 49.7 Å². The van der Waals surface area contributed by atoms with Gasteiger partial charge in [-0.05, 0) is 35.6 Å². The summed E-state index contributed by atoms with van der Waals surface area (Å²) in [5.74, 6) is 2.99. The standard InChI is InChI=1S/C22H27N3O2/c1-14(2)15-4-6-16(7-5-15)18-13-19(18)25-22(23)24-17-8-9-20-21(12-17)27-11-3-10-26-20/h4-9,12,14,18-19H,3,10-11,13H2,1-2H3,(H3,23,24,25). The number of aliphatic imine (C=N–C) groups is 1. The summed E-state index contributed by atoms with van der Waals surface area (Å²) < 4.78 is 11.4. The Hall–Kier alpha value is -2.69. The van der Waals surface area contributed by atoms with Crippen molar-refractivity contribution in [1.29, 1.82) is 0 Å². The monoisotopic (exact) mass is 365 g/mol. The van der Waals surface area contributed by atoms with Crippen LogP contribution in [-0.2, 0) is 0 Å². The molecule has 1 heterocycles. The number of hydrogen-bond acceptors (Lipinski definition) is 3. The van der Waals surface area contributed by atoms with Crippen molar-refractivity contribution in [2.24, 2.45) is 10.7 Å². The van der Waals surface area contributed by atoms with Crippen molar-refractivity contribution in [1.82, 2.24) is 0 Å². The number of nitrogens with zero attached hydrogens (tertiary/aromatic N) is 1. The van der Waals surface area contributed by atoms with Gasteiger partial charge in [-0.3, -0.25) is 0 Å². The Balaban J connectivity index is 1.38. The van der Waals surface area contributed by atoms with Crippen LogP contribution in [0.4, 0.5) is 5.69 Å². The Morgan fingerprint density at radius 2 is 1.81 bits per heavy atom. The molecule has 2 atom stereocenters. The molecule has 2 aromatic rings. The fourth-order valence-corrected chi connectivity index (χ4v) is 3.41. The predicted octanol–water partition coefficient (Wildman–Crippen LogP) is 4.25. The van der Waals surface area contributed by atoms with Crippen LogP contribution in [0.5, 0.6) is 11.5 Å². The molecule has 0 aromatic heterocycles. The molecule has 1 saturated carbocycles. The number of ether oxygens (including phenoxy) is 2. The molecule has 0 saturated heterocycles. The number of fused-ring (bicyclic) bond motifs is 1. The molecule has 0 bridgehead atoms. The van der Waals surface area contributed by atoms with Gasteiger partial charge in [0.1, 0.15) is 0 Å². The maximum absolute atomic E-state index is 6.12. The van der Waals surface area contributed by atoms with E-state index in [-0.39, 0.29) is 6.04 Å². The average Bonchev–Trinajstić information content (AvgIpc) is 3.44. The van der Waals surface area contributed by atoms with Crippen LogP contribution in [0.3, 0.4) is 0 Å². The van der Waals surface area contributed by atoms with Gasteiger partial charge < -0.3 is 20.5 Å². The molecule has 1 aliphatic carbocycles. The molecular formula is C22H27N3O2. The van der Waals surface area contributed by atoms with Crippen molar-refractivity contribution in [2.45, 2.75) is 44.6 Å². The van der Waals surface area contributed by atoms with Crippen molar-refractivity contribution >= 4 is 11.6 Å². The second kappa shape index (κ2) is 7.51. The molecule has 2 aromatic carbocycles. The molecule has 3 N–H and O–H groups in total. The minimum absolute atomic E-state index is 0.253. The number of rotatable bonds is 4. The van der Waals surface area contributed by atoms with Crippen LogP contribution in [-0.4, -0.2) is 25.2 Å². The highest BCUT2D eigenvalue weighted by atomic mass is 16.5. The first-order valence-corrected chi connectivity index (χ1v) is 9.70. The van der Waals surface area contributed by atoms with Crippen molar-refractivity contribution in [3.8, 4) is 11.5 Å². The summed E-state index contributed by atoms with van der Waals surface area (Å²) in [4.78, 5) is 4.64. The van der Waals surface area contributed by atoms with Crippen LogP contribution in [0, 0.1) is 0 Å². The minimum Gasteiger partial charge on any atom is -0.490 e. The van der Waals surface area contributed by atoms with Crippen LogP contribution < -0.4 is 20.5 Å². The first-order chi connectivity index (χ1) is 13.1. The normalized spacial score (nSPS) is 21.7. The molecular weight excluding hydrogens is 338 g/mol. The molecule has 1 aliphatic heterocycles. The topological polar surface area (TPSA) is 68.9 Å². The van der Waals surface area contributed by atoms with Gasteiger partial charge in [-0.1, -0.05) is 38.1 Å². The predicted molar refractivity (Wildman–Crippen MR) is 109 cm³/mol. The lowest BCUT2D eigenvalue weighted by molar-refractivity contribution is 0.297. The molecule has 2 aliphatic rings. The SMILES string of the molecule is CC(C)c1ccc(C2CC2N=C(N)Nc2ccc3c(c2)OCCCO3)cc1. The van der Waals surface area contributed by atoms with Crippen molar-refractivity contribution < 1.29 is 9.47 Å². The van der Waals surface area contributed by atoms with E-state index in [1.165, 1.54) is 11.1 Å². The minimum atomic E-state index is 0.253. The van der Waals surface area contributed by atoms with Crippen molar-refractivity contribution in [3.63, 3.8) is 0 Å². The molecule has 1 fully saturated rings. The smallest absolute Gasteiger partial charge is 0.193 e. The Morgan fingerprint density at radius 1 is 1.07 bits per heavy atom. The third kappa shape index (κ3) is 4.18. The van der Waals surface area contributed by atoms with Gasteiger partial charge in [-0.25, -0.2) is 4.99 Å². The van der Waals surface area contributed by atoms with Gasteiger partial charge in [0, 0.05) is 24.1 Å². The first kappa shape index (κ1) is 17.7. The second-order valence-corrected chi connectivity index (χ2v) is 7.58. The van der Waals surface area contributed by atoms with Crippen LogP contribution in [0.15, 0.2) is 47.5 Å². The molecule has 4 rings (SSSR count). The first-order valence-electron chi connectivity index (χ1n) is 9.70. The summed E-state index contributed by atoms with van der Waals surface area (Å²) in [6.45, 7) is 5.78. The van der Waals surface area contributed by atoms with Crippen molar-refractivity contribution in [3.05, 3.63) is 53.6 Å². The molecule has 5 nitrogen and oxygen atoms in total. The summed E-state index contributed by atoms with van der Waals surface area (Å²) in [5.41, 5.74) is 9.70. The molecule has 142 valence electrons. The third-order valence-electron chi connectivity index (χ3n) is 5.11. The largest absolute Gasteiger partial charge is 0.490 e. The summed E-state index contributed by atoms with van der Waals surface area (Å²) >= 11 is 0. The Labute approximate surface area is 160 Å².